The molecule has 13 heavy (non-hydrogen) atoms. The second-order valence-corrected chi connectivity index (χ2v) is 3.80. The number of nitrogens with one attached hydrogen (secondary N) is 1. The van der Waals surface area contributed by atoms with Crippen LogP contribution in [0, 0.1) is 17.4 Å². The van der Waals surface area contributed by atoms with Crippen molar-refractivity contribution in [3.63, 3.8) is 0 Å². The molecular weight excluding hydrogens is 182 g/mol. The van der Waals surface area contributed by atoms with Crippen molar-refractivity contribution >= 4 is 16.9 Å². The standard InChI is InChI=1S/C9H17N3S/c1-5-7(2)8(3)12-9(13-4)11-6-10/h7-8H,5H2,1-4H3,(H,11,12). The zero-order valence-electron chi connectivity index (χ0n) is 8.66. The molecule has 0 fully saturated rings. The van der Waals surface area contributed by atoms with E-state index in [0.29, 0.717) is 11.1 Å². The minimum absolute atomic E-state index is 0.272. The topological polar surface area (TPSA) is 48.2 Å². The van der Waals surface area contributed by atoms with E-state index in [-0.39, 0.29) is 6.04 Å². The summed E-state index contributed by atoms with van der Waals surface area (Å²) in [5, 5.41) is 11.7. The van der Waals surface area contributed by atoms with Gasteiger partial charge in [0, 0.05) is 0 Å². The van der Waals surface area contributed by atoms with Crippen molar-refractivity contribution in [2.45, 2.75) is 33.2 Å². The van der Waals surface area contributed by atoms with Crippen LogP contribution in [0.15, 0.2) is 4.99 Å². The Hall–Kier alpha value is -0.690. The van der Waals surface area contributed by atoms with E-state index in [0.717, 1.165) is 6.42 Å². The molecule has 0 aromatic heterocycles. The lowest BCUT2D eigenvalue weighted by Crippen LogP contribution is -2.19. The number of hydrogen-bond donors (Lipinski definition) is 1. The van der Waals surface area contributed by atoms with Crippen LogP contribution in [0.3, 0.4) is 0 Å². The molecule has 2 atom stereocenters. The average Bonchev–Trinajstić information content (AvgIpc) is 2.15. The highest BCUT2D eigenvalue weighted by Crippen LogP contribution is 2.11. The van der Waals surface area contributed by atoms with Crippen molar-refractivity contribution in [3.05, 3.63) is 0 Å². The molecular formula is C9H17N3S. The van der Waals surface area contributed by atoms with Crippen molar-refractivity contribution < 1.29 is 0 Å². The molecule has 0 heterocycles. The zero-order valence-corrected chi connectivity index (χ0v) is 9.48. The molecule has 0 aromatic carbocycles. The van der Waals surface area contributed by atoms with Crippen LogP contribution >= 0.6 is 11.8 Å². The van der Waals surface area contributed by atoms with Gasteiger partial charge < -0.3 is 0 Å². The molecule has 0 spiro atoms. The van der Waals surface area contributed by atoms with Gasteiger partial charge >= 0.3 is 0 Å². The van der Waals surface area contributed by atoms with E-state index in [1.807, 2.05) is 12.4 Å². The molecule has 0 aromatic rings. The van der Waals surface area contributed by atoms with Gasteiger partial charge in [0.1, 0.15) is 0 Å². The van der Waals surface area contributed by atoms with Gasteiger partial charge in [-0.25, -0.2) is 0 Å². The quantitative estimate of drug-likeness (QED) is 0.328. The molecule has 4 heteroatoms. The first-order valence-electron chi connectivity index (χ1n) is 4.42. The lowest BCUT2D eigenvalue weighted by Gasteiger charge is -2.14. The van der Waals surface area contributed by atoms with Gasteiger partial charge in [0.15, 0.2) is 11.4 Å². The summed E-state index contributed by atoms with van der Waals surface area (Å²) in [6.07, 6.45) is 4.90. The van der Waals surface area contributed by atoms with Gasteiger partial charge in [0.2, 0.25) is 0 Å². The van der Waals surface area contributed by atoms with Gasteiger partial charge in [-0.2, -0.15) is 5.26 Å². The Labute approximate surface area is 84.6 Å². The summed E-state index contributed by atoms with van der Waals surface area (Å²) >= 11 is 1.47. The number of rotatable bonds is 3. The molecule has 0 bridgehead atoms. The number of nitriles is 1. The Morgan fingerprint density at radius 1 is 1.62 bits per heavy atom. The van der Waals surface area contributed by atoms with Crippen molar-refractivity contribution in [3.8, 4) is 6.19 Å². The monoisotopic (exact) mass is 199 g/mol. The molecule has 74 valence electrons. The molecule has 0 aliphatic carbocycles. The third-order valence-electron chi connectivity index (χ3n) is 2.14. The maximum Gasteiger partial charge on any atom is 0.183 e. The fourth-order valence-corrected chi connectivity index (χ4v) is 1.26. The van der Waals surface area contributed by atoms with Crippen LogP contribution in [0.5, 0.6) is 0 Å². The first kappa shape index (κ1) is 12.3. The smallest absolute Gasteiger partial charge is 0.183 e. The largest absolute Gasteiger partial charge is 0.272 e. The summed E-state index contributed by atoms with van der Waals surface area (Å²) in [5.74, 6) is 0.558. The molecule has 0 saturated heterocycles. The first-order valence-corrected chi connectivity index (χ1v) is 5.65. The third-order valence-corrected chi connectivity index (χ3v) is 2.74. The van der Waals surface area contributed by atoms with Gasteiger partial charge in [-0.15, -0.1) is 0 Å². The minimum atomic E-state index is 0.272. The van der Waals surface area contributed by atoms with Crippen LogP contribution in [-0.4, -0.2) is 17.5 Å². The molecule has 0 aliphatic heterocycles. The van der Waals surface area contributed by atoms with E-state index in [1.54, 1.807) is 0 Å². The van der Waals surface area contributed by atoms with Crippen LogP contribution in [-0.2, 0) is 0 Å². The van der Waals surface area contributed by atoms with Gasteiger partial charge in [-0.3, -0.25) is 10.3 Å². The maximum absolute atomic E-state index is 8.42. The van der Waals surface area contributed by atoms with Crippen molar-refractivity contribution in [1.82, 2.24) is 5.32 Å². The van der Waals surface area contributed by atoms with E-state index in [4.69, 9.17) is 5.26 Å². The lowest BCUT2D eigenvalue weighted by atomic mass is 10.0. The second-order valence-electron chi connectivity index (χ2n) is 3.00. The van der Waals surface area contributed by atoms with Gasteiger partial charge in [0.05, 0.1) is 6.04 Å². The number of amidine groups is 1. The summed E-state index contributed by atoms with van der Waals surface area (Å²) in [6, 6.07) is 0.272. The molecule has 0 rings (SSSR count). The SMILES string of the molecule is CCC(C)C(C)N=C(NC#N)SC. The van der Waals surface area contributed by atoms with Crippen molar-refractivity contribution in [1.29, 1.82) is 5.26 Å². The Balaban J connectivity index is 4.24. The number of thioether (sulfide) groups is 1. The third kappa shape index (κ3) is 4.79. The van der Waals surface area contributed by atoms with E-state index in [2.05, 4.69) is 31.1 Å². The predicted molar refractivity (Wildman–Crippen MR) is 58.6 cm³/mol. The van der Waals surface area contributed by atoms with Crippen molar-refractivity contribution in [2.24, 2.45) is 10.9 Å². The van der Waals surface area contributed by atoms with Gasteiger partial charge in [-0.1, -0.05) is 32.0 Å². The average molecular weight is 199 g/mol. The van der Waals surface area contributed by atoms with Crippen LogP contribution in [0.4, 0.5) is 0 Å². The maximum atomic E-state index is 8.42. The fourth-order valence-electron chi connectivity index (χ4n) is 0.837. The number of hydrogen-bond acceptors (Lipinski definition) is 3. The molecule has 3 nitrogen and oxygen atoms in total. The number of aliphatic imine (C=N–C) groups is 1. The first-order chi connectivity index (χ1) is 6.15. The van der Waals surface area contributed by atoms with Crippen LogP contribution in [0.1, 0.15) is 27.2 Å². The lowest BCUT2D eigenvalue weighted by molar-refractivity contribution is 0.472. The van der Waals surface area contributed by atoms with Crippen LogP contribution in [0.2, 0.25) is 0 Å². The van der Waals surface area contributed by atoms with E-state index < -0.39 is 0 Å². The fraction of sp³-hybridized carbons (Fsp3) is 0.778. The van der Waals surface area contributed by atoms with Gasteiger partial charge in [-0.05, 0) is 19.1 Å². The Kier molecular flexibility index (Phi) is 6.43. The summed E-state index contributed by atoms with van der Waals surface area (Å²) in [5.41, 5.74) is 0. The highest BCUT2D eigenvalue weighted by molar-refractivity contribution is 8.13. The molecule has 1 N–H and O–H groups in total. The minimum Gasteiger partial charge on any atom is -0.272 e. The normalized spacial score (nSPS) is 16.1. The Morgan fingerprint density at radius 3 is 2.62 bits per heavy atom. The predicted octanol–water partition coefficient (Wildman–Crippen LogP) is 2.21. The molecule has 2 unspecified atom stereocenters. The highest BCUT2D eigenvalue weighted by atomic mass is 32.2. The summed E-state index contributed by atoms with van der Waals surface area (Å²) in [4.78, 5) is 4.40. The summed E-state index contributed by atoms with van der Waals surface area (Å²) in [6.45, 7) is 6.38. The highest BCUT2D eigenvalue weighted by Gasteiger charge is 2.09. The van der Waals surface area contributed by atoms with Gasteiger partial charge in [0.25, 0.3) is 0 Å². The van der Waals surface area contributed by atoms with Crippen LogP contribution in [0.25, 0.3) is 0 Å². The van der Waals surface area contributed by atoms with E-state index in [9.17, 15) is 0 Å². The number of nitrogens with zero attached hydrogens (tertiary/aromatic N) is 2. The van der Waals surface area contributed by atoms with Crippen molar-refractivity contribution in [2.75, 3.05) is 6.26 Å². The Morgan fingerprint density at radius 2 is 2.23 bits per heavy atom. The van der Waals surface area contributed by atoms with E-state index in [1.165, 1.54) is 11.8 Å². The second kappa shape index (κ2) is 6.79. The molecule has 0 aliphatic rings. The Bertz CT molecular complexity index is 207. The molecule has 0 radical (unpaired) electrons. The zero-order chi connectivity index (χ0) is 10.3. The summed E-state index contributed by atoms with van der Waals surface area (Å²) < 4.78 is 0. The molecule has 0 saturated carbocycles. The molecule has 0 amide bonds. The van der Waals surface area contributed by atoms with E-state index >= 15 is 0 Å². The summed E-state index contributed by atoms with van der Waals surface area (Å²) in [7, 11) is 0. The van der Waals surface area contributed by atoms with Crippen LogP contribution < -0.4 is 5.32 Å².